The number of sulfonamides is 1. The van der Waals surface area contributed by atoms with Gasteiger partial charge in [-0.2, -0.15) is 9.40 Å². The number of hydrogen-bond donors (Lipinski definition) is 1. The number of piperidine rings is 1. The van der Waals surface area contributed by atoms with Crippen molar-refractivity contribution in [1.29, 1.82) is 0 Å². The first-order chi connectivity index (χ1) is 11.6. The van der Waals surface area contributed by atoms with Crippen molar-refractivity contribution in [3.8, 4) is 5.69 Å². The minimum absolute atomic E-state index is 0.0660. The molecule has 0 radical (unpaired) electrons. The summed E-state index contributed by atoms with van der Waals surface area (Å²) in [7, 11) is -3.53. The molecule has 2 heterocycles. The molecule has 1 aromatic carbocycles. The molecule has 24 heavy (non-hydrogen) atoms. The maximum Gasteiger partial charge on any atom is 0.246 e. The molecular formula is C17H24N4O2S. The number of hydrogen-bond acceptors (Lipinski definition) is 4. The summed E-state index contributed by atoms with van der Waals surface area (Å²) >= 11 is 0. The Labute approximate surface area is 143 Å². The predicted molar refractivity (Wildman–Crippen MR) is 93.6 cm³/mol. The second-order valence-corrected chi connectivity index (χ2v) is 7.94. The zero-order valence-corrected chi connectivity index (χ0v) is 14.7. The van der Waals surface area contributed by atoms with Gasteiger partial charge in [-0.15, -0.1) is 0 Å². The number of para-hydroxylation sites is 1. The second-order valence-electron chi connectivity index (χ2n) is 6.05. The summed E-state index contributed by atoms with van der Waals surface area (Å²) < 4.78 is 29.5. The fourth-order valence-electron chi connectivity index (χ4n) is 3.11. The fraction of sp³-hybridized carbons (Fsp3) is 0.471. The fourth-order valence-corrected chi connectivity index (χ4v) is 4.82. The second kappa shape index (κ2) is 7.46. The van der Waals surface area contributed by atoms with Crippen LogP contribution in [0.2, 0.25) is 0 Å². The Morgan fingerprint density at radius 1 is 1.25 bits per heavy atom. The SMILES string of the molecule is CCCN(C1CCNCC1)S(=O)(=O)c1cnn(-c2ccccc2)c1. The summed E-state index contributed by atoms with van der Waals surface area (Å²) in [5, 5.41) is 7.53. The van der Waals surface area contributed by atoms with Gasteiger partial charge in [0.25, 0.3) is 0 Å². The molecule has 0 bridgehead atoms. The molecule has 6 nitrogen and oxygen atoms in total. The Bertz CT molecular complexity index is 752. The summed E-state index contributed by atoms with van der Waals surface area (Å²) in [6.45, 7) is 4.29. The predicted octanol–water partition coefficient (Wildman–Crippen LogP) is 2.02. The highest BCUT2D eigenvalue weighted by atomic mass is 32.2. The van der Waals surface area contributed by atoms with Crippen molar-refractivity contribution in [3.63, 3.8) is 0 Å². The molecule has 0 unspecified atom stereocenters. The summed E-state index contributed by atoms with van der Waals surface area (Å²) in [6.07, 6.45) is 5.56. The molecule has 1 fully saturated rings. The summed E-state index contributed by atoms with van der Waals surface area (Å²) in [6, 6.07) is 9.61. The molecule has 1 aliphatic rings. The molecule has 0 spiro atoms. The van der Waals surface area contributed by atoms with E-state index in [4.69, 9.17) is 0 Å². The topological polar surface area (TPSA) is 67.2 Å². The first kappa shape index (κ1) is 17.1. The van der Waals surface area contributed by atoms with Crippen molar-refractivity contribution in [2.75, 3.05) is 19.6 Å². The van der Waals surface area contributed by atoms with Crippen LogP contribution < -0.4 is 5.32 Å². The van der Waals surface area contributed by atoms with E-state index in [1.807, 2.05) is 37.3 Å². The summed E-state index contributed by atoms with van der Waals surface area (Å²) in [4.78, 5) is 0.262. The van der Waals surface area contributed by atoms with E-state index in [0.717, 1.165) is 38.0 Å². The molecule has 1 aromatic heterocycles. The van der Waals surface area contributed by atoms with Crippen LogP contribution in [0.15, 0.2) is 47.6 Å². The van der Waals surface area contributed by atoms with Crippen molar-refractivity contribution in [1.82, 2.24) is 19.4 Å². The van der Waals surface area contributed by atoms with Crippen LogP contribution in [0, 0.1) is 0 Å². The maximum atomic E-state index is 13.1. The molecule has 1 aliphatic heterocycles. The van der Waals surface area contributed by atoms with Gasteiger partial charge in [-0.3, -0.25) is 0 Å². The van der Waals surface area contributed by atoms with E-state index in [2.05, 4.69) is 10.4 Å². The third-order valence-electron chi connectivity index (χ3n) is 4.35. The number of nitrogens with one attached hydrogen (secondary N) is 1. The Hall–Kier alpha value is -1.70. The average Bonchev–Trinajstić information content (AvgIpc) is 3.12. The lowest BCUT2D eigenvalue weighted by molar-refractivity contribution is 0.262. The molecule has 1 N–H and O–H groups in total. The number of benzene rings is 1. The van der Waals surface area contributed by atoms with Gasteiger partial charge in [-0.25, -0.2) is 13.1 Å². The van der Waals surface area contributed by atoms with Crippen molar-refractivity contribution in [2.45, 2.75) is 37.1 Å². The highest BCUT2D eigenvalue weighted by molar-refractivity contribution is 7.89. The number of rotatable bonds is 6. The largest absolute Gasteiger partial charge is 0.317 e. The molecule has 0 amide bonds. The van der Waals surface area contributed by atoms with Crippen LogP contribution in [0.3, 0.4) is 0 Å². The molecule has 2 aromatic rings. The van der Waals surface area contributed by atoms with Crippen LogP contribution >= 0.6 is 0 Å². The van der Waals surface area contributed by atoms with E-state index >= 15 is 0 Å². The van der Waals surface area contributed by atoms with E-state index in [1.54, 1.807) is 15.2 Å². The van der Waals surface area contributed by atoms with Crippen molar-refractivity contribution in [2.24, 2.45) is 0 Å². The Kier molecular flexibility index (Phi) is 5.33. The third-order valence-corrected chi connectivity index (χ3v) is 6.25. The first-order valence-corrected chi connectivity index (χ1v) is 9.89. The van der Waals surface area contributed by atoms with Gasteiger partial charge in [0.1, 0.15) is 4.90 Å². The van der Waals surface area contributed by atoms with Gasteiger partial charge >= 0.3 is 0 Å². The average molecular weight is 348 g/mol. The maximum absolute atomic E-state index is 13.1. The van der Waals surface area contributed by atoms with Gasteiger partial charge in [0.05, 0.1) is 18.1 Å². The van der Waals surface area contributed by atoms with E-state index in [-0.39, 0.29) is 10.9 Å². The van der Waals surface area contributed by atoms with Crippen LogP contribution in [0.1, 0.15) is 26.2 Å². The van der Waals surface area contributed by atoms with Gasteiger partial charge in [0.15, 0.2) is 0 Å². The smallest absolute Gasteiger partial charge is 0.246 e. The minimum Gasteiger partial charge on any atom is -0.317 e. The molecule has 7 heteroatoms. The zero-order valence-electron chi connectivity index (χ0n) is 13.9. The Balaban J connectivity index is 1.89. The molecule has 0 saturated carbocycles. The number of aromatic nitrogens is 2. The first-order valence-electron chi connectivity index (χ1n) is 8.45. The quantitative estimate of drug-likeness (QED) is 0.867. The molecule has 0 aliphatic carbocycles. The van der Waals surface area contributed by atoms with Gasteiger partial charge in [0.2, 0.25) is 10.0 Å². The van der Waals surface area contributed by atoms with Gasteiger partial charge in [-0.1, -0.05) is 25.1 Å². The van der Waals surface area contributed by atoms with E-state index < -0.39 is 10.0 Å². The van der Waals surface area contributed by atoms with Crippen LogP contribution in [0.4, 0.5) is 0 Å². The van der Waals surface area contributed by atoms with Gasteiger partial charge in [-0.05, 0) is 44.5 Å². The monoisotopic (exact) mass is 348 g/mol. The third kappa shape index (κ3) is 3.53. The lowest BCUT2D eigenvalue weighted by Gasteiger charge is -2.33. The molecule has 3 rings (SSSR count). The Morgan fingerprint density at radius 3 is 2.62 bits per heavy atom. The van der Waals surface area contributed by atoms with Crippen LogP contribution in [0.25, 0.3) is 5.69 Å². The summed E-state index contributed by atoms with van der Waals surface area (Å²) in [5.41, 5.74) is 0.850. The van der Waals surface area contributed by atoms with Crippen molar-refractivity contribution < 1.29 is 8.42 Å². The molecule has 0 atom stereocenters. The van der Waals surface area contributed by atoms with Gasteiger partial charge < -0.3 is 5.32 Å². The highest BCUT2D eigenvalue weighted by Gasteiger charge is 2.32. The van der Waals surface area contributed by atoms with Crippen LogP contribution in [-0.2, 0) is 10.0 Å². The lowest BCUT2D eigenvalue weighted by atomic mass is 10.1. The minimum atomic E-state index is -3.53. The summed E-state index contributed by atoms with van der Waals surface area (Å²) in [5.74, 6) is 0. The van der Waals surface area contributed by atoms with Gasteiger partial charge in [0, 0.05) is 12.6 Å². The highest BCUT2D eigenvalue weighted by Crippen LogP contribution is 2.23. The van der Waals surface area contributed by atoms with E-state index in [9.17, 15) is 8.42 Å². The standard InChI is InChI=1S/C17H24N4O2S/c1-2-12-21(16-8-10-18-11-9-16)24(22,23)17-13-19-20(14-17)15-6-4-3-5-7-15/h3-7,13-14,16,18H,2,8-12H2,1H3. The molecule has 1 saturated heterocycles. The molecule has 130 valence electrons. The van der Waals surface area contributed by atoms with Crippen LogP contribution in [-0.4, -0.2) is 48.2 Å². The van der Waals surface area contributed by atoms with Crippen molar-refractivity contribution in [3.05, 3.63) is 42.7 Å². The van der Waals surface area contributed by atoms with E-state index in [0.29, 0.717) is 6.54 Å². The normalized spacial score (nSPS) is 16.6. The van der Waals surface area contributed by atoms with Crippen LogP contribution in [0.5, 0.6) is 0 Å². The number of nitrogens with zero attached hydrogens (tertiary/aromatic N) is 3. The van der Waals surface area contributed by atoms with Crippen molar-refractivity contribution >= 4 is 10.0 Å². The lowest BCUT2D eigenvalue weighted by Crippen LogP contribution is -2.46. The molecular weight excluding hydrogens is 324 g/mol. The zero-order chi connectivity index (χ0) is 17.0. The van der Waals surface area contributed by atoms with E-state index in [1.165, 1.54) is 6.20 Å². The Morgan fingerprint density at radius 2 is 1.96 bits per heavy atom.